The van der Waals surface area contributed by atoms with E-state index in [1.54, 1.807) is 11.3 Å². The number of nitrogens with two attached hydrogens (primary N) is 1. The number of halogens is 1. The van der Waals surface area contributed by atoms with Crippen molar-refractivity contribution < 1.29 is 0 Å². The molecule has 0 spiro atoms. The summed E-state index contributed by atoms with van der Waals surface area (Å²) in [6, 6.07) is 9.75. The van der Waals surface area contributed by atoms with Crippen molar-refractivity contribution in [2.45, 2.75) is 13.3 Å². The van der Waals surface area contributed by atoms with Gasteiger partial charge in [0.1, 0.15) is 10.7 Å². The number of aryl methyl sites for hydroxylation is 1. The van der Waals surface area contributed by atoms with Crippen LogP contribution < -0.4 is 11.3 Å². The number of hydrogen-bond acceptors (Lipinski definition) is 5. The molecule has 0 fully saturated rings. The SMILES string of the molecule is Cc1cc2c(NN)nc(Cc3cccc(Cl)c3)nc2s1. The van der Waals surface area contributed by atoms with E-state index < -0.39 is 0 Å². The minimum Gasteiger partial charge on any atom is -0.308 e. The normalized spacial score (nSPS) is 10.9. The summed E-state index contributed by atoms with van der Waals surface area (Å²) < 4.78 is 0. The Balaban J connectivity index is 2.03. The summed E-state index contributed by atoms with van der Waals surface area (Å²) >= 11 is 7.63. The van der Waals surface area contributed by atoms with Gasteiger partial charge in [-0.25, -0.2) is 15.8 Å². The molecular weight excluding hydrogens is 292 g/mol. The van der Waals surface area contributed by atoms with E-state index >= 15 is 0 Å². The van der Waals surface area contributed by atoms with E-state index in [9.17, 15) is 0 Å². The molecule has 2 heterocycles. The topological polar surface area (TPSA) is 63.8 Å². The lowest BCUT2D eigenvalue weighted by molar-refractivity contribution is 0.993. The Bertz CT molecular complexity index is 769. The Morgan fingerprint density at radius 2 is 2.15 bits per heavy atom. The number of nitrogens with one attached hydrogen (secondary N) is 1. The smallest absolute Gasteiger partial charge is 0.152 e. The van der Waals surface area contributed by atoms with Gasteiger partial charge in [-0.15, -0.1) is 11.3 Å². The third-order valence-electron chi connectivity index (χ3n) is 2.95. The molecule has 0 saturated carbocycles. The van der Waals surface area contributed by atoms with Crippen molar-refractivity contribution in [1.29, 1.82) is 0 Å². The van der Waals surface area contributed by atoms with Gasteiger partial charge in [0.05, 0.1) is 5.39 Å². The van der Waals surface area contributed by atoms with Crippen LogP contribution in [0.1, 0.15) is 16.3 Å². The summed E-state index contributed by atoms with van der Waals surface area (Å²) in [7, 11) is 0. The molecule has 1 aromatic carbocycles. The van der Waals surface area contributed by atoms with Crippen LogP contribution in [-0.2, 0) is 6.42 Å². The van der Waals surface area contributed by atoms with E-state index in [0.717, 1.165) is 21.6 Å². The number of rotatable bonds is 3. The third kappa shape index (κ3) is 2.60. The Kier molecular flexibility index (Phi) is 3.56. The number of nitrogens with zero attached hydrogens (tertiary/aromatic N) is 2. The lowest BCUT2D eigenvalue weighted by Crippen LogP contribution is -2.10. The molecule has 3 rings (SSSR count). The first kappa shape index (κ1) is 13.3. The zero-order chi connectivity index (χ0) is 14.1. The standard InChI is InChI=1S/C14H13ClN4S/c1-8-5-11-13(19-16)17-12(18-14(11)20-8)7-9-3-2-4-10(15)6-9/h2-6H,7,16H2,1H3,(H,17,18,19). The van der Waals surface area contributed by atoms with Crippen LogP contribution in [0.2, 0.25) is 5.02 Å². The average molecular weight is 305 g/mol. The Morgan fingerprint density at radius 3 is 2.90 bits per heavy atom. The van der Waals surface area contributed by atoms with Gasteiger partial charge in [-0.3, -0.25) is 0 Å². The predicted molar refractivity (Wildman–Crippen MR) is 84.2 cm³/mol. The molecule has 6 heteroatoms. The van der Waals surface area contributed by atoms with Crippen LogP contribution in [0.3, 0.4) is 0 Å². The maximum absolute atomic E-state index is 6.00. The Hall–Kier alpha value is -1.69. The molecule has 0 aliphatic heterocycles. The van der Waals surface area contributed by atoms with Gasteiger partial charge in [-0.2, -0.15) is 0 Å². The van der Waals surface area contributed by atoms with Gasteiger partial charge in [-0.1, -0.05) is 23.7 Å². The van der Waals surface area contributed by atoms with Crippen LogP contribution in [0.15, 0.2) is 30.3 Å². The van der Waals surface area contributed by atoms with Crippen molar-refractivity contribution in [1.82, 2.24) is 9.97 Å². The van der Waals surface area contributed by atoms with E-state index in [1.165, 1.54) is 4.88 Å². The number of aromatic nitrogens is 2. The van der Waals surface area contributed by atoms with Crippen LogP contribution in [0.25, 0.3) is 10.2 Å². The van der Waals surface area contributed by atoms with Crippen LogP contribution >= 0.6 is 22.9 Å². The van der Waals surface area contributed by atoms with Gasteiger partial charge in [0.2, 0.25) is 0 Å². The van der Waals surface area contributed by atoms with E-state index in [1.807, 2.05) is 37.3 Å². The summed E-state index contributed by atoms with van der Waals surface area (Å²) in [5.74, 6) is 6.95. The van der Waals surface area contributed by atoms with Crippen molar-refractivity contribution in [2.24, 2.45) is 5.84 Å². The predicted octanol–water partition coefficient (Wildman–Crippen LogP) is 3.53. The quantitative estimate of drug-likeness (QED) is 0.574. The number of hydrogen-bond donors (Lipinski definition) is 2. The van der Waals surface area contributed by atoms with Crippen molar-refractivity contribution in [2.75, 3.05) is 5.43 Å². The van der Waals surface area contributed by atoms with Crippen molar-refractivity contribution >= 4 is 39.0 Å². The molecule has 0 aliphatic carbocycles. The summed E-state index contributed by atoms with van der Waals surface area (Å²) in [4.78, 5) is 11.2. The number of fused-ring (bicyclic) bond motifs is 1. The maximum atomic E-state index is 6.00. The van der Waals surface area contributed by atoms with Crippen LogP contribution in [0, 0.1) is 6.92 Å². The van der Waals surface area contributed by atoms with Gasteiger partial charge in [0, 0.05) is 16.3 Å². The largest absolute Gasteiger partial charge is 0.308 e. The molecule has 0 radical (unpaired) electrons. The lowest BCUT2D eigenvalue weighted by atomic mass is 10.1. The minimum absolute atomic E-state index is 0.627. The molecule has 3 N–H and O–H groups in total. The van der Waals surface area contributed by atoms with Gasteiger partial charge in [0.15, 0.2) is 5.82 Å². The molecule has 2 aromatic heterocycles. The lowest BCUT2D eigenvalue weighted by Gasteiger charge is -2.05. The first-order valence-electron chi connectivity index (χ1n) is 6.14. The molecule has 20 heavy (non-hydrogen) atoms. The molecule has 0 saturated heterocycles. The number of hydrazine groups is 1. The van der Waals surface area contributed by atoms with Gasteiger partial charge in [0.25, 0.3) is 0 Å². The molecule has 102 valence electrons. The van der Waals surface area contributed by atoms with Gasteiger partial charge >= 0.3 is 0 Å². The highest BCUT2D eigenvalue weighted by Crippen LogP contribution is 2.28. The summed E-state index contributed by atoms with van der Waals surface area (Å²) in [6.45, 7) is 2.04. The number of benzene rings is 1. The van der Waals surface area contributed by atoms with Crippen molar-refractivity contribution in [3.05, 3.63) is 51.6 Å². The molecule has 0 aliphatic rings. The number of thiophene rings is 1. The highest BCUT2D eigenvalue weighted by molar-refractivity contribution is 7.18. The van der Waals surface area contributed by atoms with Crippen LogP contribution in [0.4, 0.5) is 5.82 Å². The molecule has 4 nitrogen and oxygen atoms in total. The fraction of sp³-hybridized carbons (Fsp3) is 0.143. The number of nitrogen functional groups attached to an aromatic ring is 1. The van der Waals surface area contributed by atoms with E-state index in [2.05, 4.69) is 15.4 Å². The van der Waals surface area contributed by atoms with Gasteiger partial charge in [-0.05, 0) is 30.7 Å². The van der Waals surface area contributed by atoms with Crippen LogP contribution in [0.5, 0.6) is 0 Å². The van der Waals surface area contributed by atoms with E-state index in [4.69, 9.17) is 17.4 Å². The third-order valence-corrected chi connectivity index (χ3v) is 4.13. The Morgan fingerprint density at radius 1 is 1.30 bits per heavy atom. The molecule has 0 atom stereocenters. The van der Waals surface area contributed by atoms with Crippen LogP contribution in [-0.4, -0.2) is 9.97 Å². The van der Waals surface area contributed by atoms with Crippen molar-refractivity contribution in [3.63, 3.8) is 0 Å². The maximum Gasteiger partial charge on any atom is 0.152 e. The summed E-state index contributed by atoms with van der Waals surface area (Å²) in [5, 5.41) is 1.68. The highest BCUT2D eigenvalue weighted by atomic mass is 35.5. The molecule has 3 aromatic rings. The first-order valence-corrected chi connectivity index (χ1v) is 7.33. The highest BCUT2D eigenvalue weighted by Gasteiger charge is 2.10. The Labute approximate surface area is 125 Å². The monoisotopic (exact) mass is 304 g/mol. The average Bonchev–Trinajstić information content (AvgIpc) is 2.78. The van der Waals surface area contributed by atoms with E-state index in [-0.39, 0.29) is 0 Å². The molecule has 0 unspecified atom stereocenters. The number of anilines is 1. The zero-order valence-corrected chi connectivity index (χ0v) is 12.4. The molecule has 0 bridgehead atoms. The summed E-state index contributed by atoms with van der Waals surface area (Å²) in [5.41, 5.74) is 3.73. The second-order valence-corrected chi connectivity index (χ2v) is 6.19. The second-order valence-electron chi connectivity index (χ2n) is 4.52. The first-order chi connectivity index (χ1) is 9.65. The minimum atomic E-state index is 0.627. The van der Waals surface area contributed by atoms with Crippen molar-refractivity contribution in [3.8, 4) is 0 Å². The fourth-order valence-corrected chi connectivity index (χ4v) is 3.22. The summed E-state index contributed by atoms with van der Waals surface area (Å²) in [6.07, 6.45) is 0.627. The van der Waals surface area contributed by atoms with E-state index in [0.29, 0.717) is 17.3 Å². The molecular formula is C14H13ClN4S. The fourth-order valence-electron chi connectivity index (χ4n) is 2.10. The molecule has 0 amide bonds. The van der Waals surface area contributed by atoms with Gasteiger partial charge < -0.3 is 5.43 Å². The second kappa shape index (κ2) is 5.36. The zero-order valence-electron chi connectivity index (χ0n) is 10.9.